The molecule has 0 spiro atoms. The molecule has 1 aliphatic heterocycles. The topological polar surface area (TPSA) is 20.3 Å². The van der Waals surface area contributed by atoms with Gasteiger partial charge in [0.25, 0.3) is 0 Å². The molecule has 2 nitrogen and oxygen atoms in total. The van der Waals surface area contributed by atoms with E-state index in [1.54, 1.807) is 0 Å². The Labute approximate surface area is 120 Å². The highest BCUT2D eigenvalue weighted by molar-refractivity contribution is 6.04. The average molecular weight is 265 g/mol. The molecule has 0 bridgehead atoms. The van der Waals surface area contributed by atoms with E-state index in [4.69, 9.17) is 0 Å². The predicted octanol–water partition coefficient (Wildman–Crippen LogP) is 4.12. The second-order valence-electron chi connectivity index (χ2n) is 5.31. The number of para-hydroxylation sites is 1. The van der Waals surface area contributed by atoms with Gasteiger partial charge in [-0.25, -0.2) is 0 Å². The Hall–Kier alpha value is -2.09. The number of hydrogen-bond acceptors (Lipinski definition) is 1. The van der Waals surface area contributed by atoms with Crippen molar-refractivity contribution in [2.75, 3.05) is 4.90 Å². The van der Waals surface area contributed by atoms with Crippen LogP contribution in [0.1, 0.15) is 36.8 Å². The third-order valence-corrected chi connectivity index (χ3v) is 3.93. The van der Waals surface area contributed by atoms with Gasteiger partial charge < -0.3 is 4.90 Å². The quantitative estimate of drug-likeness (QED) is 0.814. The molecular formula is C18H19NO. The van der Waals surface area contributed by atoms with E-state index in [2.05, 4.69) is 31.2 Å². The molecular weight excluding hydrogens is 246 g/mol. The molecule has 2 heteroatoms. The number of rotatable bonds is 4. The van der Waals surface area contributed by atoms with Gasteiger partial charge in [-0.05, 0) is 23.6 Å². The molecule has 1 amide bonds. The molecule has 0 fully saturated rings. The Morgan fingerprint density at radius 1 is 1.00 bits per heavy atom. The number of carbonyl (C=O) groups is 1. The Morgan fingerprint density at radius 3 is 2.45 bits per heavy atom. The van der Waals surface area contributed by atoms with Gasteiger partial charge in [0.15, 0.2) is 0 Å². The fraction of sp³-hybridized carbons (Fsp3) is 0.278. The number of benzene rings is 2. The summed E-state index contributed by atoms with van der Waals surface area (Å²) in [5.41, 5.74) is 3.45. The highest BCUT2D eigenvalue weighted by Crippen LogP contribution is 2.40. The summed E-state index contributed by atoms with van der Waals surface area (Å²) in [4.78, 5) is 14.6. The van der Waals surface area contributed by atoms with Crippen LogP contribution in [-0.4, -0.2) is 5.91 Å². The Kier molecular flexibility index (Phi) is 3.55. The molecule has 3 rings (SSSR count). The van der Waals surface area contributed by atoms with Gasteiger partial charge in [0.05, 0.1) is 12.5 Å². The fourth-order valence-electron chi connectivity index (χ4n) is 2.96. The second kappa shape index (κ2) is 5.49. The lowest BCUT2D eigenvalue weighted by Crippen LogP contribution is -2.28. The molecule has 0 aliphatic carbocycles. The van der Waals surface area contributed by atoms with Crippen molar-refractivity contribution in [3.8, 4) is 0 Å². The first kappa shape index (κ1) is 12.9. The molecule has 0 saturated carbocycles. The zero-order valence-corrected chi connectivity index (χ0v) is 11.8. The molecule has 1 unspecified atom stereocenters. The van der Waals surface area contributed by atoms with Crippen LogP contribution in [-0.2, 0) is 11.3 Å². The van der Waals surface area contributed by atoms with E-state index in [1.807, 2.05) is 35.2 Å². The van der Waals surface area contributed by atoms with Crippen LogP contribution >= 0.6 is 0 Å². The summed E-state index contributed by atoms with van der Waals surface area (Å²) in [5.74, 6) is 0.289. The lowest BCUT2D eigenvalue weighted by molar-refractivity contribution is -0.119. The summed E-state index contributed by atoms with van der Waals surface area (Å²) in [6.07, 6.45) is 1.96. The highest BCUT2D eigenvalue weighted by atomic mass is 16.2. The van der Waals surface area contributed by atoms with E-state index < -0.39 is 0 Å². The minimum absolute atomic E-state index is 0.0416. The maximum atomic E-state index is 12.7. The van der Waals surface area contributed by atoms with Crippen LogP contribution in [0.4, 0.5) is 5.69 Å². The van der Waals surface area contributed by atoms with Gasteiger partial charge in [0, 0.05) is 5.69 Å². The Balaban J connectivity index is 1.94. The van der Waals surface area contributed by atoms with Gasteiger partial charge in [-0.2, -0.15) is 0 Å². The minimum atomic E-state index is 0.0416. The summed E-state index contributed by atoms with van der Waals surface area (Å²) in [6.45, 7) is 2.80. The number of amides is 1. The van der Waals surface area contributed by atoms with Crippen molar-refractivity contribution >= 4 is 11.6 Å². The molecule has 0 aromatic heterocycles. The van der Waals surface area contributed by atoms with E-state index in [-0.39, 0.29) is 11.8 Å². The molecule has 2 aromatic rings. The van der Waals surface area contributed by atoms with Gasteiger partial charge in [-0.1, -0.05) is 61.9 Å². The third kappa shape index (κ3) is 2.22. The number of anilines is 1. The van der Waals surface area contributed by atoms with Gasteiger partial charge in [0.1, 0.15) is 0 Å². The lowest BCUT2D eigenvalue weighted by atomic mass is 9.96. The second-order valence-corrected chi connectivity index (χ2v) is 5.31. The van der Waals surface area contributed by atoms with Crippen molar-refractivity contribution in [1.29, 1.82) is 0 Å². The zero-order chi connectivity index (χ0) is 13.9. The molecule has 1 atom stereocenters. The Bertz CT molecular complexity index is 606. The maximum Gasteiger partial charge on any atom is 0.234 e. The molecule has 0 radical (unpaired) electrons. The van der Waals surface area contributed by atoms with E-state index in [1.165, 1.54) is 11.1 Å². The van der Waals surface area contributed by atoms with Crippen molar-refractivity contribution < 1.29 is 4.79 Å². The molecule has 1 aliphatic rings. The number of hydrogen-bond donors (Lipinski definition) is 0. The summed E-state index contributed by atoms with van der Waals surface area (Å²) >= 11 is 0. The molecule has 20 heavy (non-hydrogen) atoms. The van der Waals surface area contributed by atoms with Crippen molar-refractivity contribution in [3.05, 3.63) is 65.7 Å². The first-order valence-corrected chi connectivity index (χ1v) is 7.25. The fourth-order valence-corrected chi connectivity index (χ4v) is 2.96. The predicted molar refractivity (Wildman–Crippen MR) is 81.7 cm³/mol. The van der Waals surface area contributed by atoms with Crippen LogP contribution in [0.15, 0.2) is 54.6 Å². The minimum Gasteiger partial charge on any atom is -0.307 e. The van der Waals surface area contributed by atoms with Crippen LogP contribution in [0.2, 0.25) is 0 Å². The lowest BCUT2D eigenvalue weighted by Gasteiger charge is -2.18. The summed E-state index contributed by atoms with van der Waals surface area (Å²) in [5, 5.41) is 0. The van der Waals surface area contributed by atoms with Crippen molar-refractivity contribution in [1.82, 2.24) is 0 Å². The Morgan fingerprint density at radius 2 is 1.70 bits per heavy atom. The van der Waals surface area contributed by atoms with E-state index in [0.29, 0.717) is 6.54 Å². The van der Waals surface area contributed by atoms with E-state index in [0.717, 1.165) is 18.5 Å². The van der Waals surface area contributed by atoms with Crippen LogP contribution < -0.4 is 4.90 Å². The molecule has 0 saturated heterocycles. The zero-order valence-electron chi connectivity index (χ0n) is 11.8. The smallest absolute Gasteiger partial charge is 0.234 e. The van der Waals surface area contributed by atoms with Crippen molar-refractivity contribution in [2.24, 2.45) is 0 Å². The monoisotopic (exact) mass is 265 g/mol. The van der Waals surface area contributed by atoms with Crippen LogP contribution in [0.25, 0.3) is 0 Å². The van der Waals surface area contributed by atoms with E-state index in [9.17, 15) is 4.79 Å². The maximum absolute atomic E-state index is 12.7. The number of carbonyl (C=O) groups excluding carboxylic acids is 1. The van der Waals surface area contributed by atoms with Crippen molar-refractivity contribution in [2.45, 2.75) is 32.2 Å². The van der Waals surface area contributed by atoms with Gasteiger partial charge in [0.2, 0.25) is 5.91 Å². The summed E-state index contributed by atoms with van der Waals surface area (Å²) < 4.78 is 0. The first-order chi connectivity index (χ1) is 9.81. The van der Waals surface area contributed by atoms with Crippen LogP contribution in [0.3, 0.4) is 0 Å². The summed E-state index contributed by atoms with van der Waals surface area (Å²) in [6, 6.07) is 18.4. The largest absolute Gasteiger partial charge is 0.307 e. The van der Waals surface area contributed by atoms with Crippen molar-refractivity contribution in [3.63, 3.8) is 0 Å². The molecule has 2 aromatic carbocycles. The van der Waals surface area contributed by atoms with Crippen LogP contribution in [0.5, 0.6) is 0 Å². The standard InChI is InChI=1S/C18H19NO/c1-2-8-16-15-11-6-7-12-17(15)19(18(16)20)13-14-9-4-3-5-10-14/h3-7,9-12,16H,2,8,13H2,1H3. The third-order valence-electron chi connectivity index (χ3n) is 3.93. The van der Waals surface area contributed by atoms with Crippen LogP contribution in [0, 0.1) is 0 Å². The number of nitrogens with zero attached hydrogens (tertiary/aromatic N) is 1. The average Bonchev–Trinajstić information content (AvgIpc) is 2.75. The van der Waals surface area contributed by atoms with Gasteiger partial charge >= 0.3 is 0 Å². The number of fused-ring (bicyclic) bond motifs is 1. The van der Waals surface area contributed by atoms with Gasteiger partial charge in [-0.15, -0.1) is 0 Å². The molecule has 102 valence electrons. The van der Waals surface area contributed by atoms with Gasteiger partial charge in [-0.3, -0.25) is 4.79 Å². The normalized spacial score (nSPS) is 17.4. The molecule has 0 N–H and O–H groups in total. The van der Waals surface area contributed by atoms with E-state index >= 15 is 0 Å². The first-order valence-electron chi connectivity index (χ1n) is 7.25. The molecule has 1 heterocycles. The SMILES string of the molecule is CCCC1C(=O)N(Cc2ccccc2)c2ccccc21. The summed E-state index contributed by atoms with van der Waals surface area (Å²) in [7, 11) is 0. The highest BCUT2D eigenvalue weighted by Gasteiger charge is 2.35.